The number of allylic oxidation sites excluding steroid dienone is 1. The van der Waals surface area contributed by atoms with E-state index in [1.54, 1.807) is 0 Å². The molecule has 0 radical (unpaired) electrons. The first kappa shape index (κ1) is 12.3. The molecule has 0 atom stereocenters. The molecule has 0 aliphatic carbocycles. The highest BCUT2D eigenvalue weighted by molar-refractivity contribution is 5.80. The molecule has 1 amide bonds. The van der Waals surface area contributed by atoms with Crippen LogP contribution >= 0.6 is 0 Å². The number of para-hydroxylation sites is 1. The Hall–Kier alpha value is -1.77. The summed E-state index contributed by atoms with van der Waals surface area (Å²) in [5.41, 5.74) is 2.16. The van der Waals surface area contributed by atoms with Crippen molar-refractivity contribution in [2.45, 2.75) is 13.8 Å². The maximum Gasteiger partial charge on any atom is 0.239 e. The summed E-state index contributed by atoms with van der Waals surface area (Å²) in [5, 5.41) is 5.86. The summed E-state index contributed by atoms with van der Waals surface area (Å²) in [7, 11) is 0. The van der Waals surface area contributed by atoms with Crippen LogP contribution in [-0.2, 0) is 4.79 Å². The van der Waals surface area contributed by atoms with Gasteiger partial charge in [-0.25, -0.2) is 0 Å². The summed E-state index contributed by atoms with van der Waals surface area (Å²) in [4.78, 5) is 11.4. The van der Waals surface area contributed by atoms with Gasteiger partial charge in [-0.1, -0.05) is 29.8 Å². The lowest BCUT2D eigenvalue weighted by Gasteiger charge is -2.06. The minimum absolute atomic E-state index is 0.00125. The van der Waals surface area contributed by atoms with E-state index in [4.69, 9.17) is 0 Å². The van der Waals surface area contributed by atoms with Gasteiger partial charge in [-0.3, -0.25) is 4.79 Å². The fourth-order valence-corrected chi connectivity index (χ4v) is 1.17. The molecule has 0 fully saturated rings. The zero-order chi connectivity index (χ0) is 11.8. The largest absolute Gasteiger partial charge is 0.376 e. The van der Waals surface area contributed by atoms with E-state index in [-0.39, 0.29) is 5.91 Å². The number of nitrogens with one attached hydrogen (secondary N) is 2. The Morgan fingerprint density at radius 1 is 1.25 bits per heavy atom. The molecule has 3 nitrogen and oxygen atoms in total. The Balaban J connectivity index is 2.23. The Bertz CT molecular complexity index is 353. The SMILES string of the molecule is CC(C)=CCNC(=O)CNc1ccccc1. The van der Waals surface area contributed by atoms with Crippen LogP contribution in [0.25, 0.3) is 0 Å². The van der Waals surface area contributed by atoms with Gasteiger partial charge in [-0.05, 0) is 26.0 Å². The molecule has 0 aromatic heterocycles. The fraction of sp³-hybridized carbons (Fsp3) is 0.308. The summed E-state index contributed by atoms with van der Waals surface area (Å²) >= 11 is 0. The molecular formula is C13H18N2O. The maximum atomic E-state index is 11.4. The quantitative estimate of drug-likeness (QED) is 0.744. The lowest BCUT2D eigenvalue weighted by Crippen LogP contribution is -2.29. The molecule has 0 saturated carbocycles. The Morgan fingerprint density at radius 2 is 1.94 bits per heavy atom. The van der Waals surface area contributed by atoms with Crippen molar-refractivity contribution in [3.8, 4) is 0 Å². The number of amides is 1. The van der Waals surface area contributed by atoms with Crippen LogP contribution in [-0.4, -0.2) is 19.0 Å². The number of hydrogen-bond donors (Lipinski definition) is 2. The third kappa shape index (κ3) is 5.20. The summed E-state index contributed by atoms with van der Waals surface area (Å²) < 4.78 is 0. The molecule has 2 N–H and O–H groups in total. The number of benzene rings is 1. The number of anilines is 1. The highest BCUT2D eigenvalue weighted by Crippen LogP contribution is 2.03. The van der Waals surface area contributed by atoms with Crippen LogP contribution in [0.5, 0.6) is 0 Å². The molecule has 86 valence electrons. The van der Waals surface area contributed by atoms with Crippen molar-refractivity contribution in [1.82, 2.24) is 5.32 Å². The smallest absolute Gasteiger partial charge is 0.239 e. The van der Waals surface area contributed by atoms with Gasteiger partial charge in [0, 0.05) is 12.2 Å². The fourth-order valence-electron chi connectivity index (χ4n) is 1.17. The molecule has 0 unspecified atom stereocenters. The normalized spacial score (nSPS) is 9.38. The average Bonchev–Trinajstić information content (AvgIpc) is 2.27. The van der Waals surface area contributed by atoms with E-state index in [0.717, 1.165) is 5.69 Å². The molecule has 16 heavy (non-hydrogen) atoms. The minimum atomic E-state index is 0.00125. The zero-order valence-corrected chi connectivity index (χ0v) is 9.79. The molecule has 1 aromatic rings. The van der Waals surface area contributed by atoms with Crippen molar-refractivity contribution >= 4 is 11.6 Å². The summed E-state index contributed by atoms with van der Waals surface area (Å²) in [6.07, 6.45) is 1.99. The second-order valence-electron chi connectivity index (χ2n) is 3.81. The Labute approximate surface area is 96.6 Å². The minimum Gasteiger partial charge on any atom is -0.376 e. The molecule has 0 heterocycles. The zero-order valence-electron chi connectivity index (χ0n) is 9.79. The van der Waals surface area contributed by atoms with E-state index in [1.165, 1.54) is 5.57 Å². The van der Waals surface area contributed by atoms with E-state index >= 15 is 0 Å². The second-order valence-corrected chi connectivity index (χ2v) is 3.81. The predicted octanol–water partition coefficient (Wildman–Crippen LogP) is 2.18. The number of hydrogen-bond acceptors (Lipinski definition) is 2. The highest BCUT2D eigenvalue weighted by atomic mass is 16.1. The van der Waals surface area contributed by atoms with Crippen molar-refractivity contribution in [2.24, 2.45) is 0 Å². The van der Waals surface area contributed by atoms with Gasteiger partial charge < -0.3 is 10.6 Å². The van der Waals surface area contributed by atoms with E-state index in [1.807, 2.05) is 50.3 Å². The molecule has 0 saturated heterocycles. The first-order valence-electron chi connectivity index (χ1n) is 5.37. The topological polar surface area (TPSA) is 41.1 Å². The van der Waals surface area contributed by atoms with Gasteiger partial charge >= 0.3 is 0 Å². The van der Waals surface area contributed by atoms with Crippen molar-refractivity contribution in [1.29, 1.82) is 0 Å². The molecule has 1 aromatic carbocycles. The third-order valence-corrected chi connectivity index (χ3v) is 2.04. The van der Waals surface area contributed by atoms with Crippen molar-refractivity contribution in [3.63, 3.8) is 0 Å². The van der Waals surface area contributed by atoms with Crippen LogP contribution in [0.15, 0.2) is 42.0 Å². The van der Waals surface area contributed by atoms with Gasteiger partial charge in [0.1, 0.15) is 0 Å². The average molecular weight is 218 g/mol. The predicted molar refractivity (Wildman–Crippen MR) is 67.4 cm³/mol. The van der Waals surface area contributed by atoms with Gasteiger partial charge in [-0.2, -0.15) is 0 Å². The summed E-state index contributed by atoms with van der Waals surface area (Å²) in [6, 6.07) is 9.68. The van der Waals surface area contributed by atoms with Crippen LogP contribution in [0.2, 0.25) is 0 Å². The van der Waals surface area contributed by atoms with Gasteiger partial charge in [0.25, 0.3) is 0 Å². The van der Waals surface area contributed by atoms with Gasteiger partial charge in [-0.15, -0.1) is 0 Å². The number of carbonyl (C=O) groups is 1. The number of rotatable bonds is 5. The Kier molecular flexibility index (Phi) is 5.12. The van der Waals surface area contributed by atoms with Crippen LogP contribution in [0.4, 0.5) is 5.69 Å². The van der Waals surface area contributed by atoms with E-state index in [2.05, 4.69) is 10.6 Å². The monoisotopic (exact) mass is 218 g/mol. The molecule has 3 heteroatoms. The molecule has 1 rings (SSSR count). The van der Waals surface area contributed by atoms with E-state index in [0.29, 0.717) is 13.1 Å². The standard InChI is InChI=1S/C13H18N2O/c1-11(2)8-9-14-13(16)10-15-12-6-4-3-5-7-12/h3-8,15H,9-10H2,1-2H3,(H,14,16). The molecular weight excluding hydrogens is 200 g/mol. The summed E-state index contributed by atoms with van der Waals surface area (Å²) in [5.74, 6) is 0.00125. The first-order chi connectivity index (χ1) is 7.68. The molecule has 0 bridgehead atoms. The number of carbonyl (C=O) groups excluding carboxylic acids is 1. The van der Waals surface area contributed by atoms with Crippen LogP contribution < -0.4 is 10.6 Å². The lowest BCUT2D eigenvalue weighted by molar-refractivity contribution is -0.119. The van der Waals surface area contributed by atoms with Crippen molar-refractivity contribution in [3.05, 3.63) is 42.0 Å². The van der Waals surface area contributed by atoms with E-state index in [9.17, 15) is 4.79 Å². The van der Waals surface area contributed by atoms with Gasteiger partial charge in [0.05, 0.1) is 6.54 Å². The van der Waals surface area contributed by atoms with Crippen LogP contribution in [0.3, 0.4) is 0 Å². The molecule has 0 spiro atoms. The van der Waals surface area contributed by atoms with E-state index < -0.39 is 0 Å². The van der Waals surface area contributed by atoms with Crippen molar-refractivity contribution in [2.75, 3.05) is 18.4 Å². The Morgan fingerprint density at radius 3 is 2.56 bits per heavy atom. The van der Waals surface area contributed by atoms with Crippen LogP contribution in [0.1, 0.15) is 13.8 Å². The second kappa shape index (κ2) is 6.67. The van der Waals surface area contributed by atoms with Crippen LogP contribution in [0, 0.1) is 0 Å². The third-order valence-electron chi connectivity index (χ3n) is 2.04. The first-order valence-corrected chi connectivity index (χ1v) is 5.37. The highest BCUT2D eigenvalue weighted by Gasteiger charge is 1.98. The molecule has 0 aliphatic rings. The molecule has 0 aliphatic heterocycles. The maximum absolute atomic E-state index is 11.4. The summed E-state index contributed by atoms with van der Waals surface area (Å²) in [6.45, 7) is 4.92. The van der Waals surface area contributed by atoms with Gasteiger partial charge in [0.15, 0.2) is 0 Å². The van der Waals surface area contributed by atoms with Gasteiger partial charge in [0.2, 0.25) is 5.91 Å². The van der Waals surface area contributed by atoms with Crippen molar-refractivity contribution < 1.29 is 4.79 Å². The lowest BCUT2D eigenvalue weighted by atomic mass is 10.3.